The zero-order chi connectivity index (χ0) is 16.4. The Morgan fingerprint density at radius 2 is 2.14 bits per heavy atom. The summed E-state index contributed by atoms with van der Waals surface area (Å²) in [5.41, 5.74) is 0. The minimum atomic E-state index is 0.293. The van der Waals surface area contributed by atoms with Crippen molar-refractivity contribution >= 4 is 17.3 Å². The number of rotatable bonds is 9. The summed E-state index contributed by atoms with van der Waals surface area (Å²) in [6.07, 6.45) is 4.26. The summed E-state index contributed by atoms with van der Waals surface area (Å²) in [6.45, 7) is 10.9. The summed E-state index contributed by atoms with van der Waals surface area (Å²) in [4.78, 5) is 9.97. The predicted octanol–water partition coefficient (Wildman–Crippen LogP) is 2.82. The van der Waals surface area contributed by atoms with Crippen LogP contribution in [0.1, 0.15) is 44.0 Å². The SMILES string of the molecule is CCOC(CCNC(=NC)NCc1ncc(CC)s1)C(C)C. The van der Waals surface area contributed by atoms with E-state index in [0.29, 0.717) is 18.6 Å². The highest BCUT2D eigenvalue weighted by molar-refractivity contribution is 7.11. The van der Waals surface area contributed by atoms with E-state index in [1.807, 2.05) is 13.1 Å². The molecule has 0 aromatic carbocycles. The molecule has 0 saturated carbocycles. The highest BCUT2D eigenvalue weighted by Crippen LogP contribution is 2.13. The maximum absolute atomic E-state index is 5.75. The largest absolute Gasteiger partial charge is 0.378 e. The molecule has 1 heterocycles. The van der Waals surface area contributed by atoms with E-state index in [1.54, 1.807) is 18.4 Å². The van der Waals surface area contributed by atoms with Crippen molar-refractivity contribution in [3.8, 4) is 0 Å². The third-order valence-corrected chi connectivity index (χ3v) is 4.57. The van der Waals surface area contributed by atoms with Gasteiger partial charge >= 0.3 is 0 Å². The number of thiazole rings is 1. The van der Waals surface area contributed by atoms with Gasteiger partial charge in [-0.15, -0.1) is 11.3 Å². The Bertz CT molecular complexity index is 445. The van der Waals surface area contributed by atoms with E-state index in [1.165, 1.54) is 4.88 Å². The Hall–Kier alpha value is -1.14. The summed E-state index contributed by atoms with van der Waals surface area (Å²) < 4.78 is 5.75. The summed E-state index contributed by atoms with van der Waals surface area (Å²) in [5, 5.41) is 7.74. The zero-order valence-electron chi connectivity index (χ0n) is 14.5. The minimum Gasteiger partial charge on any atom is -0.378 e. The number of aliphatic imine (C=N–C) groups is 1. The Kier molecular flexibility index (Phi) is 9.08. The van der Waals surface area contributed by atoms with E-state index in [2.05, 4.69) is 41.4 Å². The lowest BCUT2D eigenvalue weighted by molar-refractivity contribution is 0.0258. The first-order valence-corrected chi connectivity index (χ1v) is 8.92. The van der Waals surface area contributed by atoms with E-state index in [9.17, 15) is 0 Å². The van der Waals surface area contributed by atoms with Crippen LogP contribution in [0.15, 0.2) is 11.2 Å². The molecule has 22 heavy (non-hydrogen) atoms. The van der Waals surface area contributed by atoms with Crippen LogP contribution in [0.3, 0.4) is 0 Å². The molecular formula is C16H30N4OS. The molecule has 1 atom stereocenters. The topological polar surface area (TPSA) is 58.5 Å². The fourth-order valence-corrected chi connectivity index (χ4v) is 2.93. The van der Waals surface area contributed by atoms with Crippen molar-refractivity contribution in [3.63, 3.8) is 0 Å². The van der Waals surface area contributed by atoms with Crippen molar-refractivity contribution in [1.82, 2.24) is 15.6 Å². The summed E-state index contributed by atoms with van der Waals surface area (Å²) in [6, 6.07) is 0. The molecule has 0 spiro atoms. The molecule has 0 amide bonds. The van der Waals surface area contributed by atoms with Crippen molar-refractivity contribution in [2.45, 2.75) is 53.2 Å². The first-order chi connectivity index (χ1) is 10.6. The van der Waals surface area contributed by atoms with Crippen molar-refractivity contribution in [3.05, 3.63) is 16.1 Å². The normalized spacial score (nSPS) is 13.5. The number of guanidine groups is 1. The predicted molar refractivity (Wildman–Crippen MR) is 94.6 cm³/mol. The van der Waals surface area contributed by atoms with Gasteiger partial charge in [-0.1, -0.05) is 20.8 Å². The van der Waals surface area contributed by atoms with Crippen LogP contribution in [-0.4, -0.2) is 37.2 Å². The third-order valence-electron chi connectivity index (χ3n) is 3.43. The fourth-order valence-electron chi connectivity index (χ4n) is 2.13. The van der Waals surface area contributed by atoms with Gasteiger partial charge in [-0.2, -0.15) is 0 Å². The van der Waals surface area contributed by atoms with Gasteiger partial charge in [0.05, 0.1) is 12.6 Å². The zero-order valence-corrected chi connectivity index (χ0v) is 15.3. The molecule has 5 nitrogen and oxygen atoms in total. The molecule has 0 bridgehead atoms. The lowest BCUT2D eigenvalue weighted by atomic mass is 10.0. The summed E-state index contributed by atoms with van der Waals surface area (Å²) in [7, 11) is 1.79. The van der Waals surface area contributed by atoms with Crippen LogP contribution in [0, 0.1) is 5.92 Å². The van der Waals surface area contributed by atoms with E-state index >= 15 is 0 Å². The van der Waals surface area contributed by atoms with Gasteiger partial charge in [0.15, 0.2) is 5.96 Å². The van der Waals surface area contributed by atoms with Crippen molar-refractivity contribution in [2.24, 2.45) is 10.9 Å². The molecule has 0 fully saturated rings. The van der Waals surface area contributed by atoms with E-state index < -0.39 is 0 Å². The summed E-state index contributed by atoms with van der Waals surface area (Å²) in [5.74, 6) is 1.34. The number of aromatic nitrogens is 1. The van der Waals surface area contributed by atoms with E-state index in [-0.39, 0.29) is 0 Å². The van der Waals surface area contributed by atoms with Gasteiger partial charge in [0.1, 0.15) is 5.01 Å². The van der Waals surface area contributed by atoms with Crippen molar-refractivity contribution in [1.29, 1.82) is 0 Å². The molecule has 1 aromatic heterocycles. The van der Waals surface area contributed by atoms with E-state index in [0.717, 1.165) is 37.0 Å². The van der Waals surface area contributed by atoms with Crippen LogP contribution in [-0.2, 0) is 17.7 Å². The molecule has 0 aliphatic carbocycles. The first-order valence-electron chi connectivity index (χ1n) is 8.10. The van der Waals surface area contributed by atoms with Crippen LogP contribution in [0.2, 0.25) is 0 Å². The molecule has 6 heteroatoms. The van der Waals surface area contributed by atoms with E-state index in [4.69, 9.17) is 4.74 Å². The molecular weight excluding hydrogens is 296 g/mol. The molecule has 2 N–H and O–H groups in total. The lowest BCUT2D eigenvalue weighted by Gasteiger charge is -2.21. The van der Waals surface area contributed by atoms with Crippen molar-refractivity contribution in [2.75, 3.05) is 20.2 Å². The average molecular weight is 327 g/mol. The average Bonchev–Trinajstić information content (AvgIpc) is 2.97. The van der Waals surface area contributed by atoms with Crippen LogP contribution in [0.4, 0.5) is 0 Å². The number of ether oxygens (including phenoxy) is 1. The second-order valence-corrected chi connectivity index (χ2v) is 6.65. The van der Waals surface area contributed by atoms with Crippen LogP contribution < -0.4 is 10.6 Å². The number of nitrogens with zero attached hydrogens (tertiary/aromatic N) is 2. The Morgan fingerprint density at radius 3 is 2.68 bits per heavy atom. The Morgan fingerprint density at radius 1 is 1.36 bits per heavy atom. The van der Waals surface area contributed by atoms with Gasteiger partial charge in [-0.3, -0.25) is 4.99 Å². The van der Waals surface area contributed by atoms with Crippen LogP contribution in [0.25, 0.3) is 0 Å². The molecule has 1 aromatic rings. The molecule has 0 aliphatic heterocycles. The number of aryl methyl sites for hydroxylation is 1. The lowest BCUT2D eigenvalue weighted by Crippen LogP contribution is -2.38. The van der Waals surface area contributed by atoms with Gasteiger partial charge in [0, 0.05) is 31.3 Å². The molecule has 0 radical (unpaired) electrons. The van der Waals surface area contributed by atoms with Gasteiger partial charge in [-0.05, 0) is 25.7 Å². The van der Waals surface area contributed by atoms with Gasteiger partial charge in [0.25, 0.3) is 0 Å². The highest BCUT2D eigenvalue weighted by atomic mass is 32.1. The maximum atomic E-state index is 5.75. The number of nitrogens with one attached hydrogen (secondary N) is 2. The fraction of sp³-hybridized carbons (Fsp3) is 0.750. The van der Waals surface area contributed by atoms with Crippen molar-refractivity contribution < 1.29 is 4.74 Å². The Labute approximate surface area is 138 Å². The second-order valence-electron chi connectivity index (χ2n) is 5.45. The highest BCUT2D eigenvalue weighted by Gasteiger charge is 2.13. The Balaban J connectivity index is 2.33. The summed E-state index contributed by atoms with van der Waals surface area (Å²) >= 11 is 1.75. The molecule has 1 unspecified atom stereocenters. The monoisotopic (exact) mass is 326 g/mol. The molecule has 0 aliphatic rings. The van der Waals surface area contributed by atoms with Gasteiger partial charge in [-0.25, -0.2) is 4.98 Å². The number of hydrogen-bond acceptors (Lipinski definition) is 4. The quantitative estimate of drug-likeness (QED) is 0.541. The molecule has 0 saturated heterocycles. The van der Waals surface area contributed by atoms with Gasteiger partial charge < -0.3 is 15.4 Å². The standard InChI is InChI=1S/C16H30N4OS/c1-6-13-10-19-15(22-13)11-20-16(17-5)18-9-8-14(12(3)4)21-7-2/h10,12,14H,6-9,11H2,1-5H3,(H2,17,18,20). The smallest absolute Gasteiger partial charge is 0.191 e. The first kappa shape index (κ1) is 18.9. The third kappa shape index (κ3) is 6.75. The van der Waals surface area contributed by atoms with Crippen LogP contribution >= 0.6 is 11.3 Å². The van der Waals surface area contributed by atoms with Crippen LogP contribution in [0.5, 0.6) is 0 Å². The van der Waals surface area contributed by atoms with Gasteiger partial charge in [0.2, 0.25) is 0 Å². The molecule has 1 rings (SSSR count). The molecule has 126 valence electrons. The maximum Gasteiger partial charge on any atom is 0.191 e. The minimum absolute atomic E-state index is 0.293. The second kappa shape index (κ2) is 10.6. The number of hydrogen-bond donors (Lipinski definition) is 2.